The largest absolute Gasteiger partial charge is 0.495 e. The maximum Gasteiger partial charge on any atom is 0.142 e. The SMILES string of the molecule is COc1ccc(Cl)c2c1N(C)CCCC2CCN. The van der Waals surface area contributed by atoms with E-state index in [2.05, 4.69) is 11.9 Å². The van der Waals surface area contributed by atoms with E-state index in [1.54, 1.807) is 7.11 Å². The van der Waals surface area contributed by atoms with Crippen LogP contribution in [0.15, 0.2) is 12.1 Å². The van der Waals surface area contributed by atoms with Crippen molar-refractivity contribution in [2.45, 2.75) is 25.2 Å². The molecular formula is C14H21ClN2O. The molecule has 1 aliphatic rings. The Morgan fingerprint density at radius 2 is 2.28 bits per heavy atom. The Bertz CT molecular complexity index is 423. The number of hydrogen-bond acceptors (Lipinski definition) is 3. The fourth-order valence-electron chi connectivity index (χ4n) is 2.83. The number of rotatable bonds is 3. The van der Waals surface area contributed by atoms with Gasteiger partial charge in [-0.3, -0.25) is 0 Å². The van der Waals surface area contributed by atoms with E-state index < -0.39 is 0 Å². The van der Waals surface area contributed by atoms with Crippen molar-refractivity contribution in [3.8, 4) is 5.75 Å². The molecule has 0 fully saturated rings. The summed E-state index contributed by atoms with van der Waals surface area (Å²) in [6, 6.07) is 3.88. The molecule has 1 atom stereocenters. The van der Waals surface area contributed by atoms with Crippen LogP contribution in [0.4, 0.5) is 5.69 Å². The lowest BCUT2D eigenvalue weighted by Crippen LogP contribution is -2.19. The number of benzene rings is 1. The number of methoxy groups -OCH3 is 1. The lowest BCUT2D eigenvalue weighted by Gasteiger charge is -2.25. The van der Waals surface area contributed by atoms with Gasteiger partial charge in [-0.25, -0.2) is 0 Å². The molecule has 1 unspecified atom stereocenters. The predicted octanol–water partition coefficient (Wildman–Crippen LogP) is 3.01. The minimum atomic E-state index is 0.442. The molecule has 1 aromatic rings. The summed E-state index contributed by atoms with van der Waals surface area (Å²) in [6.45, 7) is 1.73. The quantitative estimate of drug-likeness (QED) is 0.916. The molecule has 0 saturated heterocycles. The second-order valence-corrected chi connectivity index (χ2v) is 5.26. The van der Waals surface area contributed by atoms with Crippen molar-refractivity contribution in [1.82, 2.24) is 0 Å². The van der Waals surface area contributed by atoms with Crippen molar-refractivity contribution >= 4 is 17.3 Å². The molecule has 0 bridgehead atoms. The number of ether oxygens (including phenoxy) is 1. The standard InChI is InChI=1S/C14H21ClN2O/c1-17-9-3-4-10(7-8-16)13-11(15)5-6-12(18-2)14(13)17/h5-6,10H,3-4,7-9,16H2,1-2H3. The molecule has 0 saturated carbocycles. The van der Waals surface area contributed by atoms with E-state index in [1.807, 2.05) is 12.1 Å². The number of halogens is 1. The van der Waals surface area contributed by atoms with Crippen molar-refractivity contribution in [1.29, 1.82) is 0 Å². The number of hydrogen-bond donors (Lipinski definition) is 1. The summed E-state index contributed by atoms with van der Waals surface area (Å²) >= 11 is 6.42. The van der Waals surface area contributed by atoms with Gasteiger partial charge in [-0.05, 0) is 43.9 Å². The molecule has 3 nitrogen and oxygen atoms in total. The Hall–Kier alpha value is -0.930. The summed E-state index contributed by atoms with van der Waals surface area (Å²) in [6.07, 6.45) is 3.28. The van der Waals surface area contributed by atoms with E-state index in [0.717, 1.165) is 42.3 Å². The molecule has 0 amide bonds. The molecule has 0 spiro atoms. The molecule has 1 heterocycles. The van der Waals surface area contributed by atoms with Crippen molar-refractivity contribution in [2.24, 2.45) is 5.73 Å². The zero-order chi connectivity index (χ0) is 13.1. The highest BCUT2D eigenvalue weighted by atomic mass is 35.5. The Morgan fingerprint density at radius 1 is 1.50 bits per heavy atom. The molecule has 1 aromatic carbocycles. The third-order valence-corrected chi connectivity index (χ3v) is 4.03. The summed E-state index contributed by atoms with van der Waals surface area (Å²) in [5, 5.41) is 0.831. The van der Waals surface area contributed by atoms with Crippen LogP contribution in [0, 0.1) is 0 Å². The van der Waals surface area contributed by atoms with Gasteiger partial charge in [0.1, 0.15) is 5.75 Å². The Balaban J connectivity index is 2.55. The second-order valence-electron chi connectivity index (χ2n) is 4.85. The number of nitrogens with two attached hydrogens (primary N) is 1. The van der Waals surface area contributed by atoms with Crippen LogP contribution >= 0.6 is 11.6 Å². The minimum Gasteiger partial charge on any atom is -0.495 e. The molecule has 0 radical (unpaired) electrons. The fourth-order valence-corrected chi connectivity index (χ4v) is 3.14. The van der Waals surface area contributed by atoms with Crippen LogP contribution in [0.1, 0.15) is 30.7 Å². The van der Waals surface area contributed by atoms with Crippen LogP contribution < -0.4 is 15.4 Å². The van der Waals surface area contributed by atoms with Crippen LogP contribution in [-0.2, 0) is 0 Å². The van der Waals surface area contributed by atoms with Crippen LogP contribution in [0.25, 0.3) is 0 Å². The Morgan fingerprint density at radius 3 is 2.94 bits per heavy atom. The maximum atomic E-state index is 6.42. The fraction of sp³-hybridized carbons (Fsp3) is 0.571. The van der Waals surface area contributed by atoms with Gasteiger partial charge >= 0.3 is 0 Å². The molecule has 0 aromatic heterocycles. The van der Waals surface area contributed by atoms with Crippen molar-refractivity contribution in [2.75, 3.05) is 32.1 Å². The summed E-state index contributed by atoms with van der Waals surface area (Å²) in [4.78, 5) is 2.25. The highest BCUT2D eigenvalue weighted by Crippen LogP contribution is 2.44. The van der Waals surface area contributed by atoms with Gasteiger partial charge in [-0.15, -0.1) is 0 Å². The van der Waals surface area contributed by atoms with E-state index in [0.29, 0.717) is 12.5 Å². The first-order valence-electron chi connectivity index (χ1n) is 6.46. The van der Waals surface area contributed by atoms with Gasteiger partial charge in [0.05, 0.1) is 12.8 Å². The van der Waals surface area contributed by atoms with E-state index in [1.165, 1.54) is 5.56 Å². The van der Waals surface area contributed by atoms with Crippen molar-refractivity contribution in [3.05, 3.63) is 22.7 Å². The third kappa shape index (κ3) is 2.43. The van der Waals surface area contributed by atoms with Gasteiger partial charge in [-0.1, -0.05) is 11.6 Å². The summed E-state index contributed by atoms with van der Waals surface area (Å²) in [5.41, 5.74) is 8.08. The molecule has 2 N–H and O–H groups in total. The molecule has 0 aliphatic carbocycles. The Kier molecular flexibility index (Phi) is 4.36. The predicted molar refractivity (Wildman–Crippen MR) is 76.9 cm³/mol. The number of nitrogens with zero attached hydrogens (tertiary/aromatic N) is 1. The molecule has 2 rings (SSSR count). The zero-order valence-electron chi connectivity index (χ0n) is 11.1. The Labute approximate surface area is 114 Å². The van der Waals surface area contributed by atoms with Gasteiger partial charge in [0, 0.05) is 24.2 Å². The summed E-state index contributed by atoms with van der Waals surface area (Å²) in [7, 11) is 3.81. The monoisotopic (exact) mass is 268 g/mol. The minimum absolute atomic E-state index is 0.442. The number of anilines is 1. The lowest BCUT2D eigenvalue weighted by atomic mass is 9.90. The first-order chi connectivity index (χ1) is 8.69. The topological polar surface area (TPSA) is 38.5 Å². The van der Waals surface area contributed by atoms with Crippen LogP contribution in [-0.4, -0.2) is 27.2 Å². The average molecular weight is 269 g/mol. The van der Waals surface area contributed by atoms with Crippen LogP contribution in [0.3, 0.4) is 0 Å². The summed E-state index contributed by atoms with van der Waals surface area (Å²) < 4.78 is 5.49. The molecule has 18 heavy (non-hydrogen) atoms. The molecule has 1 aliphatic heterocycles. The van der Waals surface area contributed by atoms with E-state index in [9.17, 15) is 0 Å². The van der Waals surface area contributed by atoms with E-state index in [4.69, 9.17) is 22.1 Å². The third-order valence-electron chi connectivity index (χ3n) is 3.70. The molecule has 100 valence electrons. The van der Waals surface area contributed by atoms with Crippen LogP contribution in [0.5, 0.6) is 5.75 Å². The number of fused-ring (bicyclic) bond motifs is 1. The lowest BCUT2D eigenvalue weighted by molar-refractivity contribution is 0.414. The van der Waals surface area contributed by atoms with E-state index >= 15 is 0 Å². The normalized spacial score (nSPS) is 19.3. The van der Waals surface area contributed by atoms with Crippen molar-refractivity contribution in [3.63, 3.8) is 0 Å². The average Bonchev–Trinajstić information content (AvgIpc) is 2.52. The molecule has 4 heteroatoms. The first kappa shape index (κ1) is 13.5. The van der Waals surface area contributed by atoms with Gasteiger partial charge in [0.25, 0.3) is 0 Å². The smallest absolute Gasteiger partial charge is 0.142 e. The maximum absolute atomic E-state index is 6.42. The van der Waals surface area contributed by atoms with Gasteiger partial charge < -0.3 is 15.4 Å². The van der Waals surface area contributed by atoms with Gasteiger partial charge in [0.2, 0.25) is 0 Å². The van der Waals surface area contributed by atoms with Crippen LogP contribution in [0.2, 0.25) is 5.02 Å². The first-order valence-corrected chi connectivity index (χ1v) is 6.84. The van der Waals surface area contributed by atoms with Gasteiger partial charge in [-0.2, -0.15) is 0 Å². The second kappa shape index (κ2) is 5.81. The summed E-state index contributed by atoms with van der Waals surface area (Å²) in [5.74, 6) is 1.35. The van der Waals surface area contributed by atoms with Crippen molar-refractivity contribution < 1.29 is 4.74 Å². The molecular weight excluding hydrogens is 248 g/mol. The highest BCUT2D eigenvalue weighted by molar-refractivity contribution is 6.32. The zero-order valence-corrected chi connectivity index (χ0v) is 11.8. The highest BCUT2D eigenvalue weighted by Gasteiger charge is 2.26. The van der Waals surface area contributed by atoms with Gasteiger partial charge in [0.15, 0.2) is 0 Å². The van der Waals surface area contributed by atoms with E-state index in [-0.39, 0.29) is 0 Å².